The van der Waals surface area contributed by atoms with Crippen LogP contribution in [0.25, 0.3) is 5.57 Å². The van der Waals surface area contributed by atoms with Crippen molar-refractivity contribution in [2.24, 2.45) is 0 Å². The van der Waals surface area contributed by atoms with Gasteiger partial charge in [0.25, 0.3) is 6.47 Å². The Hall–Kier alpha value is -1.57. The first-order valence-electron chi connectivity index (χ1n) is 7.03. The molecule has 0 aliphatic heterocycles. The van der Waals surface area contributed by atoms with E-state index in [-0.39, 0.29) is 0 Å². The first-order chi connectivity index (χ1) is 9.13. The molecular formula is C17H26O2. The first-order valence-corrected chi connectivity index (χ1v) is 7.03. The molecule has 0 heterocycles. The van der Waals surface area contributed by atoms with Crippen LogP contribution in [0.15, 0.2) is 24.3 Å². The van der Waals surface area contributed by atoms with Gasteiger partial charge >= 0.3 is 0 Å². The molecule has 0 N–H and O–H groups in total. The van der Waals surface area contributed by atoms with Crippen molar-refractivity contribution in [2.45, 2.75) is 53.9 Å². The van der Waals surface area contributed by atoms with Gasteiger partial charge in [0.2, 0.25) is 0 Å². The number of hydrogen-bond acceptors (Lipinski definition) is 2. The fourth-order valence-electron chi connectivity index (χ4n) is 1.86. The molecule has 0 saturated carbocycles. The van der Waals surface area contributed by atoms with Crippen molar-refractivity contribution in [3.8, 4) is 5.75 Å². The van der Waals surface area contributed by atoms with Crippen LogP contribution in [-0.4, -0.2) is 6.47 Å². The van der Waals surface area contributed by atoms with Crippen molar-refractivity contribution < 1.29 is 9.53 Å². The monoisotopic (exact) mass is 262 g/mol. The molecule has 106 valence electrons. The standard InChI is InChI=1S/C15H20O2.C2H6/c1-5-12(6-2)14-8-7-13(11(3)4)9-15(14)17-10-16;1-2/h5,7-11H,6H2,1-4H3;1-2H3/b12-5-;. The maximum absolute atomic E-state index is 10.6. The number of hydrogen-bond donors (Lipinski definition) is 0. The lowest BCUT2D eigenvalue weighted by atomic mass is 9.96. The number of allylic oxidation sites excluding steroid dienone is 2. The van der Waals surface area contributed by atoms with E-state index >= 15 is 0 Å². The molecule has 0 saturated heterocycles. The highest BCUT2D eigenvalue weighted by Crippen LogP contribution is 2.31. The van der Waals surface area contributed by atoms with E-state index in [0.29, 0.717) is 18.1 Å². The quantitative estimate of drug-likeness (QED) is 0.683. The van der Waals surface area contributed by atoms with Crippen molar-refractivity contribution >= 4 is 12.0 Å². The minimum atomic E-state index is 0.425. The van der Waals surface area contributed by atoms with Crippen LogP contribution in [0.1, 0.15) is 65.0 Å². The second-order valence-corrected chi connectivity index (χ2v) is 4.29. The van der Waals surface area contributed by atoms with Gasteiger partial charge in [-0.15, -0.1) is 0 Å². The molecule has 0 aromatic heterocycles. The number of carbonyl (C=O) groups excluding carboxylic acids is 1. The summed E-state index contributed by atoms with van der Waals surface area (Å²) in [5.41, 5.74) is 3.38. The molecule has 0 bridgehead atoms. The Labute approximate surface area is 117 Å². The summed E-state index contributed by atoms with van der Waals surface area (Å²) < 4.78 is 5.09. The van der Waals surface area contributed by atoms with Crippen LogP contribution in [0.5, 0.6) is 5.75 Å². The van der Waals surface area contributed by atoms with E-state index in [4.69, 9.17) is 4.74 Å². The Morgan fingerprint density at radius 2 is 1.95 bits per heavy atom. The van der Waals surface area contributed by atoms with E-state index in [0.717, 1.165) is 12.0 Å². The Morgan fingerprint density at radius 1 is 1.32 bits per heavy atom. The third-order valence-corrected chi connectivity index (χ3v) is 2.92. The molecule has 0 unspecified atom stereocenters. The van der Waals surface area contributed by atoms with Gasteiger partial charge in [0.15, 0.2) is 0 Å². The minimum Gasteiger partial charge on any atom is -0.428 e. The zero-order chi connectivity index (χ0) is 14.8. The number of carbonyl (C=O) groups is 1. The van der Waals surface area contributed by atoms with E-state index in [1.807, 2.05) is 32.9 Å². The van der Waals surface area contributed by atoms with Gasteiger partial charge in [-0.25, -0.2) is 0 Å². The Balaban J connectivity index is 0.00000154. The van der Waals surface area contributed by atoms with Crippen LogP contribution in [0.3, 0.4) is 0 Å². The predicted octanol–water partition coefficient (Wildman–Crippen LogP) is 5.18. The fraction of sp³-hybridized carbons (Fsp3) is 0.471. The molecule has 0 aliphatic carbocycles. The lowest BCUT2D eigenvalue weighted by Gasteiger charge is -2.13. The topological polar surface area (TPSA) is 26.3 Å². The Kier molecular flexibility index (Phi) is 8.60. The molecule has 2 nitrogen and oxygen atoms in total. The molecule has 0 fully saturated rings. The summed E-state index contributed by atoms with van der Waals surface area (Å²) in [5.74, 6) is 1.08. The smallest absolute Gasteiger partial charge is 0.298 e. The van der Waals surface area contributed by atoms with Crippen molar-refractivity contribution in [3.05, 3.63) is 35.4 Å². The van der Waals surface area contributed by atoms with Gasteiger partial charge in [0, 0.05) is 5.56 Å². The minimum absolute atomic E-state index is 0.425. The van der Waals surface area contributed by atoms with Gasteiger partial charge in [-0.3, -0.25) is 4.79 Å². The molecule has 0 atom stereocenters. The van der Waals surface area contributed by atoms with Gasteiger partial charge in [-0.1, -0.05) is 52.8 Å². The van der Waals surface area contributed by atoms with Crippen LogP contribution in [-0.2, 0) is 4.79 Å². The average molecular weight is 262 g/mol. The van der Waals surface area contributed by atoms with Crippen molar-refractivity contribution in [2.75, 3.05) is 0 Å². The van der Waals surface area contributed by atoms with Gasteiger partial charge < -0.3 is 4.74 Å². The van der Waals surface area contributed by atoms with Crippen molar-refractivity contribution in [3.63, 3.8) is 0 Å². The molecule has 1 aromatic carbocycles. The van der Waals surface area contributed by atoms with E-state index < -0.39 is 0 Å². The highest BCUT2D eigenvalue weighted by atomic mass is 16.5. The molecule has 1 rings (SSSR count). The number of benzene rings is 1. The molecule has 2 heteroatoms. The lowest BCUT2D eigenvalue weighted by molar-refractivity contribution is -0.120. The second-order valence-electron chi connectivity index (χ2n) is 4.29. The molecule has 0 radical (unpaired) electrons. The maximum atomic E-state index is 10.6. The average Bonchev–Trinajstić information content (AvgIpc) is 2.44. The highest BCUT2D eigenvalue weighted by molar-refractivity contribution is 5.72. The van der Waals surface area contributed by atoms with E-state index in [1.54, 1.807) is 0 Å². The molecule has 0 spiro atoms. The maximum Gasteiger partial charge on any atom is 0.298 e. The van der Waals surface area contributed by atoms with Crippen LogP contribution in [0.2, 0.25) is 0 Å². The zero-order valence-electron chi connectivity index (χ0n) is 13.0. The second kappa shape index (κ2) is 9.37. The number of rotatable bonds is 5. The Morgan fingerprint density at radius 3 is 2.37 bits per heavy atom. The SMILES string of the molecule is C/C=C(/CC)c1ccc(C(C)C)cc1OC=O.CC. The predicted molar refractivity (Wildman–Crippen MR) is 82.5 cm³/mol. The molecule has 1 aromatic rings. The fourth-order valence-corrected chi connectivity index (χ4v) is 1.86. The number of ether oxygens (including phenoxy) is 1. The molecule has 0 aliphatic rings. The summed E-state index contributed by atoms with van der Waals surface area (Å²) >= 11 is 0. The van der Waals surface area contributed by atoms with E-state index in [2.05, 4.69) is 32.9 Å². The van der Waals surface area contributed by atoms with Crippen LogP contribution in [0.4, 0.5) is 0 Å². The molecular weight excluding hydrogens is 236 g/mol. The van der Waals surface area contributed by atoms with Gasteiger partial charge in [0.05, 0.1) is 0 Å². The van der Waals surface area contributed by atoms with Crippen LogP contribution >= 0.6 is 0 Å². The normalized spacial score (nSPS) is 10.8. The highest BCUT2D eigenvalue weighted by Gasteiger charge is 2.10. The first kappa shape index (κ1) is 17.4. The van der Waals surface area contributed by atoms with E-state index in [9.17, 15) is 4.79 Å². The Bertz CT molecular complexity index is 417. The van der Waals surface area contributed by atoms with Gasteiger partial charge in [-0.05, 0) is 36.5 Å². The molecule has 19 heavy (non-hydrogen) atoms. The summed E-state index contributed by atoms with van der Waals surface area (Å²) in [5, 5.41) is 0. The van der Waals surface area contributed by atoms with Crippen molar-refractivity contribution in [1.82, 2.24) is 0 Å². The summed E-state index contributed by atoms with van der Waals surface area (Å²) in [6.45, 7) is 12.8. The summed E-state index contributed by atoms with van der Waals surface area (Å²) in [4.78, 5) is 10.6. The third kappa shape index (κ3) is 4.90. The summed E-state index contributed by atoms with van der Waals surface area (Å²) in [6.07, 6.45) is 2.98. The van der Waals surface area contributed by atoms with Gasteiger partial charge in [-0.2, -0.15) is 0 Å². The third-order valence-electron chi connectivity index (χ3n) is 2.92. The van der Waals surface area contributed by atoms with Crippen LogP contribution in [0, 0.1) is 0 Å². The van der Waals surface area contributed by atoms with Crippen LogP contribution < -0.4 is 4.74 Å². The van der Waals surface area contributed by atoms with Crippen molar-refractivity contribution in [1.29, 1.82) is 0 Å². The van der Waals surface area contributed by atoms with Gasteiger partial charge in [0.1, 0.15) is 5.75 Å². The van der Waals surface area contributed by atoms with E-state index in [1.165, 1.54) is 11.1 Å². The zero-order valence-corrected chi connectivity index (χ0v) is 13.0. The lowest BCUT2D eigenvalue weighted by Crippen LogP contribution is -1.97. The summed E-state index contributed by atoms with van der Waals surface area (Å²) in [6, 6.07) is 6.08. The largest absolute Gasteiger partial charge is 0.428 e. The molecule has 0 amide bonds. The summed E-state index contributed by atoms with van der Waals surface area (Å²) in [7, 11) is 0.